The highest BCUT2D eigenvalue weighted by Gasteiger charge is 2.14. The molecule has 3 aromatic heterocycles. The van der Waals surface area contributed by atoms with Crippen LogP contribution in [0.15, 0.2) is 48.8 Å². The second-order valence-corrected chi connectivity index (χ2v) is 6.16. The SMILES string of the molecule is Cc1cccc(-c2nccn2-c2ccc3c(c2)nc(C(C)O)n3C)n1. The Labute approximate surface area is 145 Å². The lowest BCUT2D eigenvalue weighted by Crippen LogP contribution is -2.01. The highest BCUT2D eigenvalue weighted by atomic mass is 16.3. The molecular weight excluding hydrogens is 314 g/mol. The van der Waals surface area contributed by atoms with Crippen molar-refractivity contribution in [2.24, 2.45) is 7.05 Å². The average Bonchev–Trinajstić information content (AvgIpc) is 3.19. The monoisotopic (exact) mass is 333 g/mol. The van der Waals surface area contributed by atoms with Gasteiger partial charge in [-0.3, -0.25) is 4.57 Å². The largest absolute Gasteiger partial charge is 0.385 e. The number of aryl methyl sites for hydroxylation is 2. The molecule has 3 heterocycles. The molecule has 4 aromatic rings. The minimum Gasteiger partial charge on any atom is -0.385 e. The summed E-state index contributed by atoms with van der Waals surface area (Å²) in [6, 6.07) is 11.9. The van der Waals surface area contributed by atoms with E-state index in [0.29, 0.717) is 5.82 Å². The van der Waals surface area contributed by atoms with Crippen molar-refractivity contribution in [2.75, 3.05) is 0 Å². The van der Waals surface area contributed by atoms with Crippen molar-refractivity contribution in [3.63, 3.8) is 0 Å². The van der Waals surface area contributed by atoms with Gasteiger partial charge in [-0.2, -0.15) is 0 Å². The van der Waals surface area contributed by atoms with Crippen LogP contribution in [0.4, 0.5) is 0 Å². The minimum atomic E-state index is -0.610. The van der Waals surface area contributed by atoms with Crippen LogP contribution in [0.1, 0.15) is 24.5 Å². The van der Waals surface area contributed by atoms with Gasteiger partial charge in [-0.15, -0.1) is 0 Å². The summed E-state index contributed by atoms with van der Waals surface area (Å²) in [7, 11) is 1.91. The van der Waals surface area contributed by atoms with Crippen molar-refractivity contribution < 1.29 is 5.11 Å². The fourth-order valence-electron chi connectivity index (χ4n) is 3.10. The van der Waals surface area contributed by atoms with Crippen LogP contribution in [-0.4, -0.2) is 29.2 Å². The minimum absolute atomic E-state index is 0.610. The van der Waals surface area contributed by atoms with Crippen molar-refractivity contribution in [3.05, 3.63) is 60.3 Å². The first kappa shape index (κ1) is 15.5. The van der Waals surface area contributed by atoms with Crippen LogP contribution in [0.3, 0.4) is 0 Å². The van der Waals surface area contributed by atoms with Crippen molar-refractivity contribution in [2.45, 2.75) is 20.0 Å². The number of aromatic nitrogens is 5. The summed E-state index contributed by atoms with van der Waals surface area (Å²) in [5.41, 5.74) is 4.56. The molecule has 126 valence electrons. The number of nitrogens with zero attached hydrogens (tertiary/aromatic N) is 5. The summed E-state index contributed by atoms with van der Waals surface area (Å²) in [5, 5.41) is 9.87. The maximum absolute atomic E-state index is 9.87. The standard InChI is InChI=1S/C19H19N5O/c1-12-5-4-6-15(21-12)19-20-9-10-24(19)14-7-8-17-16(11-14)22-18(13(2)25)23(17)3/h4-11,13,25H,1-3H3. The highest BCUT2D eigenvalue weighted by molar-refractivity contribution is 5.79. The lowest BCUT2D eigenvalue weighted by Gasteiger charge is -2.08. The molecule has 6 heteroatoms. The number of rotatable bonds is 3. The van der Waals surface area contributed by atoms with E-state index in [4.69, 9.17) is 0 Å². The summed E-state index contributed by atoms with van der Waals surface area (Å²) < 4.78 is 3.92. The summed E-state index contributed by atoms with van der Waals surface area (Å²) in [6.07, 6.45) is 3.07. The van der Waals surface area contributed by atoms with Gasteiger partial charge in [0.2, 0.25) is 0 Å². The van der Waals surface area contributed by atoms with Crippen LogP contribution >= 0.6 is 0 Å². The molecule has 1 N–H and O–H groups in total. The Morgan fingerprint density at radius 3 is 2.72 bits per heavy atom. The van der Waals surface area contributed by atoms with Crippen LogP contribution < -0.4 is 0 Å². The molecule has 1 atom stereocenters. The number of hydrogen-bond acceptors (Lipinski definition) is 4. The van der Waals surface area contributed by atoms with Crippen molar-refractivity contribution in [1.82, 2.24) is 24.1 Å². The molecule has 4 rings (SSSR count). The maximum atomic E-state index is 9.87. The quantitative estimate of drug-likeness (QED) is 0.625. The van der Waals surface area contributed by atoms with E-state index in [2.05, 4.69) is 15.0 Å². The number of imidazole rings is 2. The van der Waals surface area contributed by atoms with Crippen molar-refractivity contribution in [3.8, 4) is 17.2 Å². The third kappa shape index (κ3) is 2.60. The molecule has 0 radical (unpaired) electrons. The Balaban J connectivity index is 1.85. The Morgan fingerprint density at radius 2 is 1.96 bits per heavy atom. The van der Waals surface area contributed by atoms with E-state index in [1.165, 1.54) is 0 Å². The number of hydrogen-bond donors (Lipinski definition) is 1. The zero-order valence-corrected chi connectivity index (χ0v) is 14.4. The lowest BCUT2D eigenvalue weighted by molar-refractivity contribution is 0.186. The predicted octanol–water partition coefficient (Wildman–Crippen LogP) is 3.18. The first-order valence-electron chi connectivity index (χ1n) is 8.17. The van der Waals surface area contributed by atoms with Gasteiger partial charge in [0, 0.05) is 30.8 Å². The number of aliphatic hydroxyl groups is 1. The van der Waals surface area contributed by atoms with E-state index in [0.717, 1.165) is 33.9 Å². The number of aliphatic hydroxyl groups excluding tert-OH is 1. The third-order valence-electron chi connectivity index (χ3n) is 4.31. The first-order valence-corrected chi connectivity index (χ1v) is 8.17. The fourth-order valence-corrected chi connectivity index (χ4v) is 3.10. The van der Waals surface area contributed by atoms with Gasteiger partial charge in [0.1, 0.15) is 17.6 Å². The van der Waals surface area contributed by atoms with E-state index in [1.54, 1.807) is 13.1 Å². The zero-order chi connectivity index (χ0) is 17.6. The maximum Gasteiger partial charge on any atom is 0.163 e. The third-order valence-corrected chi connectivity index (χ3v) is 4.31. The Kier molecular flexibility index (Phi) is 3.62. The molecule has 25 heavy (non-hydrogen) atoms. The van der Waals surface area contributed by atoms with Gasteiger partial charge in [-0.1, -0.05) is 6.07 Å². The van der Waals surface area contributed by atoms with E-state index in [1.807, 2.05) is 65.7 Å². The van der Waals surface area contributed by atoms with Gasteiger partial charge in [-0.25, -0.2) is 15.0 Å². The summed E-state index contributed by atoms with van der Waals surface area (Å²) in [6.45, 7) is 3.69. The summed E-state index contributed by atoms with van der Waals surface area (Å²) in [4.78, 5) is 13.6. The molecule has 0 aliphatic heterocycles. The molecule has 6 nitrogen and oxygen atoms in total. The molecule has 0 amide bonds. The smallest absolute Gasteiger partial charge is 0.163 e. The van der Waals surface area contributed by atoms with E-state index in [9.17, 15) is 5.11 Å². The van der Waals surface area contributed by atoms with E-state index in [-0.39, 0.29) is 0 Å². The van der Waals surface area contributed by atoms with Crippen LogP contribution in [0.2, 0.25) is 0 Å². The molecule has 0 bridgehead atoms. The van der Waals surface area contributed by atoms with Gasteiger partial charge >= 0.3 is 0 Å². The van der Waals surface area contributed by atoms with E-state index < -0.39 is 6.10 Å². The zero-order valence-electron chi connectivity index (χ0n) is 14.4. The second kappa shape index (κ2) is 5.82. The fraction of sp³-hybridized carbons (Fsp3) is 0.211. The molecule has 0 aliphatic rings. The normalized spacial score (nSPS) is 12.6. The molecule has 0 saturated heterocycles. The summed E-state index contributed by atoms with van der Waals surface area (Å²) in [5.74, 6) is 1.44. The Morgan fingerprint density at radius 1 is 1.12 bits per heavy atom. The molecule has 0 fully saturated rings. The predicted molar refractivity (Wildman–Crippen MR) is 96.4 cm³/mol. The van der Waals surface area contributed by atoms with E-state index >= 15 is 0 Å². The Hall–Kier alpha value is -2.99. The number of benzene rings is 1. The molecule has 1 aromatic carbocycles. The lowest BCUT2D eigenvalue weighted by atomic mass is 10.2. The van der Waals surface area contributed by atoms with Gasteiger partial charge in [0.05, 0.1) is 11.0 Å². The molecule has 0 spiro atoms. The van der Waals surface area contributed by atoms with Gasteiger partial charge in [0.15, 0.2) is 5.82 Å². The Bertz CT molecular complexity index is 1060. The number of pyridine rings is 1. The average molecular weight is 333 g/mol. The van der Waals surface area contributed by atoms with Crippen LogP contribution in [0.5, 0.6) is 0 Å². The van der Waals surface area contributed by atoms with Gasteiger partial charge in [-0.05, 0) is 44.2 Å². The number of fused-ring (bicyclic) bond motifs is 1. The van der Waals surface area contributed by atoms with Crippen LogP contribution in [-0.2, 0) is 7.05 Å². The molecule has 1 unspecified atom stereocenters. The molecule has 0 saturated carbocycles. The molecular formula is C19H19N5O. The topological polar surface area (TPSA) is 68.8 Å². The van der Waals surface area contributed by atoms with Crippen molar-refractivity contribution in [1.29, 1.82) is 0 Å². The first-order chi connectivity index (χ1) is 12.0. The molecule has 0 aliphatic carbocycles. The second-order valence-electron chi connectivity index (χ2n) is 6.16. The van der Waals surface area contributed by atoms with Gasteiger partial charge in [0.25, 0.3) is 0 Å². The van der Waals surface area contributed by atoms with Gasteiger partial charge < -0.3 is 9.67 Å². The van der Waals surface area contributed by atoms with Crippen LogP contribution in [0, 0.1) is 6.92 Å². The van der Waals surface area contributed by atoms with Crippen LogP contribution in [0.25, 0.3) is 28.2 Å². The van der Waals surface area contributed by atoms with Crippen molar-refractivity contribution >= 4 is 11.0 Å². The summed E-state index contributed by atoms with van der Waals surface area (Å²) >= 11 is 0. The highest BCUT2D eigenvalue weighted by Crippen LogP contribution is 2.25.